The van der Waals surface area contributed by atoms with Gasteiger partial charge < -0.3 is 15.2 Å². The molecule has 1 unspecified atom stereocenters. The van der Waals surface area contributed by atoms with Gasteiger partial charge >= 0.3 is 0 Å². The molecule has 1 aromatic heterocycles. The third-order valence-electron chi connectivity index (χ3n) is 4.70. The highest BCUT2D eigenvalue weighted by molar-refractivity contribution is 5.71. The van der Waals surface area contributed by atoms with Crippen LogP contribution in [-0.2, 0) is 7.05 Å². The number of aryl methyl sites for hydroxylation is 1. The molecule has 2 N–H and O–H groups in total. The molecule has 1 aliphatic rings. The number of nitrogens with two attached hydrogens (primary N) is 1. The molecule has 2 aromatic carbocycles. The predicted octanol–water partition coefficient (Wildman–Crippen LogP) is 3.31. The first-order valence-electron chi connectivity index (χ1n) is 8.48. The van der Waals surface area contributed by atoms with Crippen molar-refractivity contribution in [3.05, 3.63) is 77.2 Å². The lowest BCUT2D eigenvalue weighted by Gasteiger charge is -2.25. The Morgan fingerprint density at radius 2 is 1.85 bits per heavy atom. The number of methoxy groups -OCH3 is 1. The van der Waals surface area contributed by atoms with Crippen LogP contribution in [-0.4, -0.2) is 16.9 Å². The van der Waals surface area contributed by atoms with Crippen molar-refractivity contribution in [1.29, 1.82) is 5.26 Å². The Morgan fingerprint density at radius 1 is 1.15 bits per heavy atom. The van der Waals surface area contributed by atoms with E-state index in [0.29, 0.717) is 11.5 Å². The van der Waals surface area contributed by atoms with Gasteiger partial charge in [-0.3, -0.25) is 0 Å². The number of nitrogens with zero attached hydrogens (tertiary/aromatic N) is 3. The molecule has 0 spiro atoms. The molecule has 4 rings (SSSR count). The van der Waals surface area contributed by atoms with Gasteiger partial charge in [0.2, 0.25) is 11.8 Å². The summed E-state index contributed by atoms with van der Waals surface area (Å²) in [6, 6.07) is 19.7. The number of rotatable bonds is 3. The van der Waals surface area contributed by atoms with Crippen LogP contribution in [0.3, 0.4) is 0 Å². The first kappa shape index (κ1) is 16.7. The topological polar surface area (TPSA) is 86.1 Å². The van der Waals surface area contributed by atoms with Crippen molar-refractivity contribution < 1.29 is 9.47 Å². The molecular weight excluding hydrogens is 340 g/mol. The number of hydrogen-bond acceptors (Lipinski definition) is 5. The van der Waals surface area contributed by atoms with Crippen molar-refractivity contribution in [2.24, 2.45) is 12.8 Å². The smallest absolute Gasteiger partial charge is 0.224 e. The highest BCUT2D eigenvalue weighted by Gasteiger charge is 2.36. The second-order valence-electron chi connectivity index (χ2n) is 6.26. The van der Waals surface area contributed by atoms with Crippen molar-refractivity contribution in [1.82, 2.24) is 9.78 Å². The quantitative estimate of drug-likeness (QED) is 0.776. The van der Waals surface area contributed by atoms with Gasteiger partial charge in [-0.05, 0) is 17.7 Å². The number of nitriles is 1. The lowest BCUT2D eigenvalue weighted by molar-refractivity contribution is 0.358. The van der Waals surface area contributed by atoms with E-state index in [9.17, 15) is 5.26 Å². The molecule has 3 aromatic rings. The summed E-state index contributed by atoms with van der Waals surface area (Å²) >= 11 is 0. The average molecular weight is 358 g/mol. The van der Waals surface area contributed by atoms with Crippen molar-refractivity contribution in [3.63, 3.8) is 0 Å². The number of ether oxygens (including phenoxy) is 2. The largest absolute Gasteiger partial charge is 0.497 e. The SMILES string of the molecule is COc1ccc(C2C(C#N)=C(N)Oc3c2c(-c2ccccc2)nn3C)cc1. The van der Waals surface area contributed by atoms with Gasteiger partial charge in [-0.25, -0.2) is 4.68 Å². The van der Waals surface area contributed by atoms with E-state index in [4.69, 9.17) is 15.2 Å². The molecule has 0 aliphatic carbocycles. The maximum Gasteiger partial charge on any atom is 0.224 e. The molecule has 1 aliphatic heterocycles. The van der Waals surface area contributed by atoms with E-state index in [2.05, 4.69) is 11.2 Å². The fraction of sp³-hybridized carbons (Fsp3) is 0.143. The Hall–Kier alpha value is -3.72. The zero-order valence-electron chi connectivity index (χ0n) is 15.0. The highest BCUT2D eigenvalue weighted by Crippen LogP contribution is 2.46. The molecule has 6 nitrogen and oxygen atoms in total. The Balaban J connectivity index is 1.96. The molecule has 2 heterocycles. The minimum Gasteiger partial charge on any atom is -0.497 e. The van der Waals surface area contributed by atoms with E-state index in [1.54, 1.807) is 18.8 Å². The molecule has 0 bridgehead atoms. The molecule has 0 saturated carbocycles. The van der Waals surface area contributed by atoms with E-state index in [1.807, 2.05) is 54.6 Å². The second kappa shape index (κ2) is 6.54. The van der Waals surface area contributed by atoms with Gasteiger partial charge in [0, 0.05) is 12.6 Å². The van der Waals surface area contributed by atoms with Crippen LogP contribution < -0.4 is 15.2 Å². The number of allylic oxidation sites excluding steroid dienone is 1. The monoisotopic (exact) mass is 358 g/mol. The predicted molar refractivity (Wildman–Crippen MR) is 101 cm³/mol. The Morgan fingerprint density at radius 3 is 2.48 bits per heavy atom. The molecular formula is C21H18N4O2. The van der Waals surface area contributed by atoms with Gasteiger partial charge in [0.15, 0.2) is 0 Å². The van der Waals surface area contributed by atoms with E-state index in [0.717, 1.165) is 28.1 Å². The van der Waals surface area contributed by atoms with Gasteiger partial charge in [-0.2, -0.15) is 10.4 Å². The van der Waals surface area contributed by atoms with Crippen LogP contribution in [0, 0.1) is 11.3 Å². The van der Waals surface area contributed by atoms with Gasteiger partial charge in [-0.1, -0.05) is 42.5 Å². The van der Waals surface area contributed by atoms with Crippen LogP contribution in [0.5, 0.6) is 11.6 Å². The van der Waals surface area contributed by atoms with Crippen LogP contribution >= 0.6 is 0 Å². The average Bonchev–Trinajstić information content (AvgIpc) is 3.04. The minimum atomic E-state index is -0.367. The lowest BCUT2D eigenvalue weighted by atomic mass is 9.83. The molecule has 0 saturated heterocycles. The van der Waals surface area contributed by atoms with Gasteiger partial charge in [0.1, 0.15) is 23.1 Å². The van der Waals surface area contributed by atoms with Crippen molar-refractivity contribution in [3.8, 4) is 29.0 Å². The Labute approximate surface area is 157 Å². The summed E-state index contributed by atoms with van der Waals surface area (Å²) in [5, 5.41) is 14.4. The van der Waals surface area contributed by atoms with Crippen LogP contribution in [0.15, 0.2) is 66.1 Å². The molecule has 1 atom stereocenters. The molecule has 134 valence electrons. The summed E-state index contributed by atoms with van der Waals surface area (Å²) in [5.41, 5.74) is 9.93. The fourth-order valence-electron chi connectivity index (χ4n) is 3.41. The van der Waals surface area contributed by atoms with Crippen LogP contribution in [0.2, 0.25) is 0 Å². The van der Waals surface area contributed by atoms with E-state index in [-0.39, 0.29) is 11.8 Å². The summed E-state index contributed by atoms with van der Waals surface area (Å²) in [7, 11) is 3.43. The molecule has 0 radical (unpaired) electrons. The first-order valence-corrected chi connectivity index (χ1v) is 8.48. The summed E-state index contributed by atoms with van der Waals surface area (Å²) in [4.78, 5) is 0. The van der Waals surface area contributed by atoms with E-state index in [1.165, 1.54) is 0 Å². The van der Waals surface area contributed by atoms with Gasteiger partial charge in [0.05, 0.1) is 18.6 Å². The van der Waals surface area contributed by atoms with Crippen molar-refractivity contribution >= 4 is 0 Å². The molecule has 27 heavy (non-hydrogen) atoms. The maximum absolute atomic E-state index is 9.77. The summed E-state index contributed by atoms with van der Waals surface area (Å²) in [5.74, 6) is 1.03. The fourth-order valence-corrected chi connectivity index (χ4v) is 3.41. The highest BCUT2D eigenvalue weighted by atomic mass is 16.5. The van der Waals surface area contributed by atoms with Crippen LogP contribution in [0.4, 0.5) is 0 Å². The minimum absolute atomic E-state index is 0.105. The zero-order chi connectivity index (χ0) is 19.0. The van der Waals surface area contributed by atoms with Crippen LogP contribution in [0.25, 0.3) is 11.3 Å². The molecule has 0 amide bonds. The first-order chi connectivity index (χ1) is 13.1. The lowest BCUT2D eigenvalue weighted by Crippen LogP contribution is -2.21. The van der Waals surface area contributed by atoms with E-state index < -0.39 is 0 Å². The molecule has 0 fully saturated rings. The number of aromatic nitrogens is 2. The number of hydrogen-bond donors (Lipinski definition) is 1. The zero-order valence-corrected chi connectivity index (χ0v) is 15.0. The van der Waals surface area contributed by atoms with Crippen LogP contribution in [0.1, 0.15) is 17.0 Å². The maximum atomic E-state index is 9.77. The number of fused-ring (bicyclic) bond motifs is 1. The number of benzene rings is 2. The third kappa shape index (κ3) is 2.70. The summed E-state index contributed by atoms with van der Waals surface area (Å²) in [6.07, 6.45) is 0. The normalized spacial score (nSPS) is 15.7. The second-order valence-corrected chi connectivity index (χ2v) is 6.26. The third-order valence-corrected chi connectivity index (χ3v) is 4.70. The van der Waals surface area contributed by atoms with Crippen molar-refractivity contribution in [2.75, 3.05) is 7.11 Å². The Bertz CT molecular complexity index is 1060. The van der Waals surface area contributed by atoms with Crippen molar-refractivity contribution in [2.45, 2.75) is 5.92 Å². The Kier molecular flexibility index (Phi) is 4.05. The summed E-state index contributed by atoms with van der Waals surface area (Å²) < 4.78 is 12.7. The van der Waals surface area contributed by atoms with Gasteiger partial charge in [0.25, 0.3) is 0 Å². The summed E-state index contributed by atoms with van der Waals surface area (Å²) in [6.45, 7) is 0. The molecule has 6 heteroatoms. The van der Waals surface area contributed by atoms with Gasteiger partial charge in [-0.15, -0.1) is 0 Å². The standard InChI is InChI=1S/C21H18N4O2/c1-25-21-18(19(24-25)14-6-4-3-5-7-14)17(16(12-22)20(23)27-21)13-8-10-15(26-2)11-9-13/h3-11,17H,23H2,1-2H3. The van der Waals surface area contributed by atoms with E-state index >= 15 is 0 Å².